The lowest BCUT2D eigenvalue weighted by Crippen LogP contribution is -2.24. The molecule has 0 amide bonds. The summed E-state index contributed by atoms with van der Waals surface area (Å²) in [6.07, 6.45) is 7.24. The van der Waals surface area contributed by atoms with Crippen molar-refractivity contribution in [3.8, 4) is 0 Å². The molecule has 0 aromatic carbocycles. The van der Waals surface area contributed by atoms with E-state index in [1.54, 1.807) is 11.3 Å². The van der Waals surface area contributed by atoms with Crippen molar-refractivity contribution < 1.29 is 4.74 Å². The summed E-state index contributed by atoms with van der Waals surface area (Å²) in [4.78, 5) is 8.12. The van der Waals surface area contributed by atoms with Crippen molar-refractivity contribution in [1.82, 2.24) is 20.1 Å². The van der Waals surface area contributed by atoms with Crippen molar-refractivity contribution in [2.24, 2.45) is 13.0 Å². The molecule has 3 heterocycles. The number of thiazole rings is 1. The molecule has 7 heteroatoms. The zero-order valence-corrected chi connectivity index (χ0v) is 15.6. The SMILES string of the molecule is CCN(CC)c1ncc(CNCC2CCOC2c2cnn(C)c2)s1. The molecule has 0 radical (unpaired) electrons. The lowest BCUT2D eigenvalue weighted by atomic mass is 9.97. The molecule has 0 aliphatic carbocycles. The van der Waals surface area contributed by atoms with Crippen LogP contribution in [0.4, 0.5) is 5.13 Å². The Hall–Kier alpha value is -1.44. The van der Waals surface area contributed by atoms with Gasteiger partial charge in [-0.3, -0.25) is 4.68 Å². The quantitative estimate of drug-likeness (QED) is 0.794. The van der Waals surface area contributed by atoms with Gasteiger partial charge in [0.1, 0.15) is 0 Å². The summed E-state index contributed by atoms with van der Waals surface area (Å²) in [5.41, 5.74) is 1.18. The third-order valence-corrected chi connectivity index (χ3v) is 5.61. The van der Waals surface area contributed by atoms with E-state index in [4.69, 9.17) is 4.74 Å². The van der Waals surface area contributed by atoms with Gasteiger partial charge in [-0.1, -0.05) is 0 Å². The first kappa shape index (κ1) is 17.4. The van der Waals surface area contributed by atoms with Crippen LogP contribution >= 0.6 is 11.3 Å². The molecular formula is C17H27N5OS. The van der Waals surface area contributed by atoms with Crippen LogP contribution < -0.4 is 10.2 Å². The van der Waals surface area contributed by atoms with E-state index < -0.39 is 0 Å². The number of aryl methyl sites for hydroxylation is 1. The third-order valence-electron chi connectivity index (χ3n) is 4.55. The summed E-state index contributed by atoms with van der Waals surface area (Å²) < 4.78 is 7.76. The lowest BCUT2D eigenvalue weighted by molar-refractivity contribution is 0.0904. The highest BCUT2D eigenvalue weighted by atomic mass is 32.1. The van der Waals surface area contributed by atoms with Crippen LogP contribution in [0.1, 0.15) is 36.8 Å². The average Bonchev–Trinajstić information content (AvgIpc) is 3.30. The van der Waals surface area contributed by atoms with Crippen LogP contribution in [0, 0.1) is 5.92 Å². The molecule has 2 aromatic rings. The molecule has 0 bridgehead atoms. The molecule has 132 valence electrons. The van der Waals surface area contributed by atoms with Gasteiger partial charge < -0.3 is 15.0 Å². The average molecular weight is 350 g/mol. The van der Waals surface area contributed by atoms with Gasteiger partial charge in [-0.05, 0) is 20.3 Å². The first-order valence-corrected chi connectivity index (χ1v) is 9.53. The molecule has 0 spiro atoms. The van der Waals surface area contributed by atoms with Crippen LogP contribution in [0.5, 0.6) is 0 Å². The summed E-state index contributed by atoms with van der Waals surface area (Å²) in [5.74, 6) is 0.504. The highest BCUT2D eigenvalue weighted by Gasteiger charge is 2.30. The summed E-state index contributed by atoms with van der Waals surface area (Å²) in [6, 6.07) is 0. The van der Waals surface area contributed by atoms with E-state index in [-0.39, 0.29) is 6.10 Å². The first-order chi connectivity index (χ1) is 11.7. The van der Waals surface area contributed by atoms with E-state index in [9.17, 15) is 0 Å². The van der Waals surface area contributed by atoms with Crippen LogP contribution in [-0.4, -0.2) is 41.0 Å². The number of nitrogens with zero attached hydrogens (tertiary/aromatic N) is 4. The largest absolute Gasteiger partial charge is 0.373 e. The number of anilines is 1. The van der Waals surface area contributed by atoms with Gasteiger partial charge in [-0.25, -0.2) is 4.98 Å². The summed E-state index contributed by atoms with van der Waals surface area (Å²) in [6.45, 7) is 9.00. The van der Waals surface area contributed by atoms with E-state index in [1.165, 1.54) is 10.4 Å². The van der Waals surface area contributed by atoms with Crippen LogP contribution in [0.3, 0.4) is 0 Å². The number of aromatic nitrogens is 3. The molecule has 1 aliphatic heterocycles. The normalized spacial score (nSPS) is 20.6. The molecule has 2 atom stereocenters. The van der Waals surface area contributed by atoms with E-state index in [2.05, 4.69) is 40.3 Å². The number of nitrogens with one attached hydrogen (secondary N) is 1. The van der Waals surface area contributed by atoms with Crippen LogP contribution in [0.2, 0.25) is 0 Å². The Morgan fingerprint density at radius 1 is 1.38 bits per heavy atom. The maximum atomic E-state index is 5.92. The predicted octanol–water partition coefficient (Wildman–Crippen LogP) is 2.59. The maximum absolute atomic E-state index is 5.92. The Labute approximate surface area is 147 Å². The highest BCUT2D eigenvalue weighted by molar-refractivity contribution is 7.15. The maximum Gasteiger partial charge on any atom is 0.185 e. The standard InChI is InChI=1S/C17H27N5OS/c1-4-22(5-2)17-19-11-15(24-17)10-18-8-13-6-7-23-16(13)14-9-20-21(3)12-14/h9,11-13,16,18H,4-8,10H2,1-3H3. The molecule has 1 aliphatic rings. The third kappa shape index (κ3) is 3.96. The molecule has 1 fully saturated rings. The van der Waals surface area contributed by atoms with Crippen LogP contribution in [-0.2, 0) is 18.3 Å². The van der Waals surface area contributed by atoms with Gasteiger partial charge >= 0.3 is 0 Å². The van der Waals surface area contributed by atoms with Gasteiger partial charge in [0, 0.05) is 68.6 Å². The van der Waals surface area contributed by atoms with E-state index in [0.717, 1.165) is 44.3 Å². The highest BCUT2D eigenvalue weighted by Crippen LogP contribution is 2.33. The first-order valence-electron chi connectivity index (χ1n) is 8.71. The Balaban J connectivity index is 1.51. The molecule has 3 rings (SSSR count). The van der Waals surface area contributed by atoms with E-state index in [0.29, 0.717) is 5.92 Å². The zero-order chi connectivity index (χ0) is 16.9. The Morgan fingerprint density at radius 2 is 2.21 bits per heavy atom. The summed E-state index contributed by atoms with van der Waals surface area (Å²) in [5, 5.41) is 8.97. The Morgan fingerprint density at radius 3 is 2.92 bits per heavy atom. The topological polar surface area (TPSA) is 55.2 Å². The van der Waals surface area contributed by atoms with Gasteiger partial charge in [0.2, 0.25) is 0 Å². The van der Waals surface area contributed by atoms with Gasteiger partial charge in [-0.15, -0.1) is 11.3 Å². The monoisotopic (exact) mass is 349 g/mol. The van der Waals surface area contributed by atoms with E-state index in [1.807, 2.05) is 24.1 Å². The molecule has 1 saturated heterocycles. The Bertz CT molecular complexity index is 636. The number of ether oxygens (including phenoxy) is 1. The van der Waals surface area contributed by atoms with Gasteiger partial charge in [0.25, 0.3) is 0 Å². The van der Waals surface area contributed by atoms with E-state index >= 15 is 0 Å². The summed E-state index contributed by atoms with van der Waals surface area (Å²) in [7, 11) is 1.95. The second-order valence-corrected chi connectivity index (χ2v) is 7.29. The van der Waals surface area contributed by atoms with Crippen molar-refractivity contribution in [2.75, 3.05) is 31.1 Å². The fourth-order valence-electron chi connectivity index (χ4n) is 3.20. The van der Waals surface area contributed by atoms with Gasteiger partial charge in [-0.2, -0.15) is 5.10 Å². The molecule has 1 N–H and O–H groups in total. The van der Waals surface area contributed by atoms with Gasteiger partial charge in [0.05, 0.1) is 12.3 Å². The lowest BCUT2D eigenvalue weighted by Gasteiger charge is -2.17. The van der Waals surface area contributed by atoms with Crippen molar-refractivity contribution in [2.45, 2.75) is 32.9 Å². The molecular weight excluding hydrogens is 322 g/mol. The van der Waals surface area contributed by atoms with Crippen molar-refractivity contribution in [3.63, 3.8) is 0 Å². The number of hydrogen-bond acceptors (Lipinski definition) is 6. The van der Waals surface area contributed by atoms with Crippen LogP contribution in [0.25, 0.3) is 0 Å². The fraction of sp³-hybridized carbons (Fsp3) is 0.647. The second-order valence-electron chi connectivity index (χ2n) is 6.20. The summed E-state index contributed by atoms with van der Waals surface area (Å²) >= 11 is 1.78. The minimum absolute atomic E-state index is 0.166. The molecule has 2 unspecified atom stereocenters. The van der Waals surface area contributed by atoms with Crippen molar-refractivity contribution in [1.29, 1.82) is 0 Å². The smallest absolute Gasteiger partial charge is 0.185 e. The van der Waals surface area contributed by atoms with Crippen molar-refractivity contribution in [3.05, 3.63) is 29.0 Å². The predicted molar refractivity (Wildman–Crippen MR) is 97.4 cm³/mol. The molecule has 0 saturated carbocycles. The zero-order valence-electron chi connectivity index (χ0n) is 14.7. The number of hydrogen-bond donors (Lipinski definition) is 1. The second kappa shape index (κ2) is 8.09. The fourth-order valence-corrected chi connectivity index (χ4v) is 4.21. The minimum Gasteiger partial charge on any atom is -0.373 e. The minimum atomic E-state index is 0.166. The Kier molecular flexibility index (Phi) is 5.86. The van der Waals surface area contributed by atoms with Gasteiger partial charge in [0.15, 0.2) is 5.13 Å². The number of rotatable bonds is 8. The molecule has 6 nitrogen and oxygen atoms in total. The molecule has 24 heavy (non-hydrogen) atoms. The molecule has 2 aromatic heterocycles. The van der Waals surface area contributed by atoms with Crippen molar-refractivity contribution >= 4 is 16.5 Å². The van der Waals surface area contributed by atoms with Crippen LogP contribution in [0.15, 0.2) is 18.6 Å².